The molecule has 2 heteroatoms. The molecular formula is C12H15NO. The van der Waals surface area contributed by atoms with Gasteiger partial charge in [-0.15, -0.1) is 5.92 Å². The fourth-order valence-electron chi connectivity index (χ4n) is 1.17. The van der Waals surface area contributed by atoms with Gasteiger partial charge in [-0.25, -0.2) is 0 Å². The molecular weight excluding hydrogens is 174 g/mol. The second-order valence-corrected chi connectivity index (χ2v) is 3.28. The van der Waals surface area contributed by atoms with E-state index in [-0.39, 0.29) is 0 Å². The first kappa shape index (κ1) is 10.6. The summed E-state index contributed by atoms with van der Waals surface area (Å²) in [5, 5.41) is 9.56. The van der Waals surface area contributed by atoms with Gasteiger partial charge in [0.2, 0.25) is 0 Å². The van der Waals surface area contributed by atoms with Gasteiger partial charge in [0, 0.05) is 19.8 Å². The number of aliphatic hydroxyl groups excluding tert-OH is 1. The Kier molecular flexibility index (Phi) is 3.55. The van der Waals surface area contributed by atoms with E-state index in [2.05, 4.69) is 11.8 Å². The standard InChI is InChI=1S/C12H15NO/c1-4-5-12(14)10-6-8-11(9-7-10)13(2)3/h6-9,12,14H,1-3H3. The Hall–Kier alpha value is -1.46. The van der Waals surface area contributed by atoms with Crippen LogP contribution in [0.3, 0.4) is 0 Å². The van der Waals surface area contributed by atoms with E-state index in [0.29, 0.717) is 0 Å². The molecule has 0 spiro atoms. The summed E-state index contributed by atoms with van der Waals surface area (Å²) < 4.78 is 0. The molecule has 1 atom stereocenters. The van der Waals surface area contributed by atoms with Crippen molar-refractivity contribution in [3.05, 3.63) is 29.8 Å². The van der Waals surface area contributed by atoms with Gasteiger partial charge in [0.1, 0.15) is 6.10 Å². The molecule has 1 N–H and O–H groups in total. The molecule has 0 amide bonds. The molecule has 0 aliphatic rings. The van der Waals surface area contributed by atoms with Crippen LogP contribution in [0.2, 0.25) is 0 Å². The van der Waals surface area contributed by atoms with Gasteiger partial charge in [-0.1, -0.05) is 18.1 Å². The highest BCUT2D eigenvalue weighted by Gasteiger charge is 2.03. The summed E-state index contributed by atoms with van der Waals surface area (Å²) in [5.74, 6) is 5.40. The van der Waals surface area contributed by atoms with E-state index in [9.17, 15) is 5.11 Å². The van der Waals surface area contributed by atoms with Gasteiger partial charge >= 0.3 is 0 Å². The lowest BCUT2D eigenvalue weighted by Gasteiger charge is -2.13. The van der Waals surface area contributed by atoms with Crippen LogP contribution in [0.5, 0.6) is 0 Å². The Morgan fingerprint density at radius 2 is 1.79 bits per heavy atom. The van der Waals surface area contributed by atoms with Gasteiger partial charge in [0.15, 0.2) is 0 Å². The zero-order chi connectivity index (χ0) is 10.6. The van der Waals surface area contributed by atoms with E-state index in [1.807, 2.05) is 43.3 Å². The van der Waals surface area contributed by atoms with Crippen LogP contribution in [0, 0.1) is 11.8 Å². The number of benzene rings is 1. The lowest BCUT2D eigenvalue weighted by molar-refractivity contribution is 0.238. The average Bonchev–Trinajstić information content (AvgIpc) is 2.18. The van der Waals surface area contributed by atoms with Crippen LogP contribution >= 0.6 is 0 Å². The van der Waals surface area contributed by atoms with Crippen LogP contribution in [0.15, 0.2) is 24.3 Å². The summed E-state index contributed by atoms with van der Waals surface area (Å²) in [7, 11) is 3.97. The highest BCUT2D eigenvalue weighted by Crippen LogP contribution is 2.17. The number of hydrogen-bond acceptors (Lipinski definition) is 2. The average molecular weight is 189 g/mol. The van der Waals surface area contributed by atoms with Crippen molar-refractivity contribution >= 4 is 5.69 Å². The fraction of sp³-hybridized carbons (Fsp3) is 0.333. The summed E-state index contributed by atoms with van der Waals surface area (Å²) in [5.41, 5.74) is 1.95. The summed E-state index contributed by atoms with van der Waals surface area (Å²) >= 11 is 0. The monoisotopic (exact) mass is 189 g/mol. The Labute approximate surface area is 85.2 Å². The molecule has 0 aliphatic carbocycles. The van der Waals surface area contributed by atoms with E-state index in [0.717, 1.165) is 11.3 Å². The Bertz CT molecular complexity index is 343. The van der Waals surface area contributed by atoms with Crippen LogP contribution in [0.1, 0.15) is 18.6 Å². The van der Waals surface area contributed by atoms with Crippen molar-refractivity contribution in [2.24, 2.45) is 0 Å². The first-order valence-electron chi connectivity index (χ1n) is 4.52. The molecule has 14 heavy (non-hydrogen) atoms. The molecule has 0 heterocycles. The minimum Gasteiger partial charge on any atom is -0.378 e. The number of aliphatic hydroxyl groups is 1. The van der Waals surface area contributed by atoms with Crippen LogP contribution in [-0.2, 0) is 0 Å². The molecule has 0 saturated carbocycles. The third-order valence-corrected chi connectivity index (χ3v) is 2.01. The Balaban J connectivity index is 2.86. The normalized spacial score (nSPS) is 11.4. The smallest absolute Gasteiger partial charge is 0.140 e. The molecule has 1 rings (SSSR count). The van der Waals surface area contributed by atoms with Crippen molar-refractivity contribution in [3.8, 4) is 11.8 Å². The number of rotatable bonds is 2. The van der Waals surface area contributed by atoms with Crippen LogP contribution < -0.4 is 4.90 Å². The number of hydrogen-bond donors (Lipinski definition) is 1. The maximum absolute atomic E-state index is 9.56. The van der Waals surface area contributed by atoms with Gasteiger partial charge in [0.25, 0.3) is 0 Å². The predicted molar refractivity (Wildman–Crippen MR) is 59.2 cm³/mol. The van der Waals surface area contributed by atoms with Gasteiger partial charge in [-0.2, -0.15) is 0 Å². The molecule has 0 saturated heterocycles. The minimum atomic E-state index is -0.670. The van der Waals surface area contributed by atoms with Crippen LogP contribution in [0.25, 0.3) is 0 Å². The molecule has 0 aliphatic heterocycles. The zero-order valence-electron chi connectivity index (χ0n) is 8.78. The molecule has 0 bridgehead atoms. The molecule has 2 nitrogen and oxygen atoms in total. The van der Waals surface area contributed by atoms with Crippen molar-refractivity contribution in [1.82, 2.24) is 0 Å². The van der Waals surface area contributed by atoms with E-state index >= 15 is 0 Å². The number of nitrogens with zero attached hydrogens (tertiary/aromatic N) is 1. The first-order valence-corrected chi connectivity index (χ1v) is 4.52. The van der Waals surface area contributed by atoms with E-state index in [4.69, 9.17) is 0 Å². The summed E-state index contributed by atoms with van der Waals surface area (Å²) in [6, 6.07) is 7.72. The van der Waals surface area contributed by atoms with Crippen molar-refractivity contribution in [1.29, 1.82) is 0 Å². The van der Waals surface area contributed by atoms with Crippen molar-refractivity contribution in [2.45, 2.75) is 13.0 Å². The second-order valence-electron chi connectivity index (χ2n) is 3.28. The maximum Gasteiger partial charge on any atom is 0.140 e. The molecule has 1 aromatic carbocycles. The third kappa shape index (κ3) is 2.51. The topological polar surface area (TPSA) is 23.5 Å². The number of anilines is 1. The Morgan fingerprint density at radius 1 is 1.21 bits per heavy atom. The van der Waals surface area contributed by atoms with Gasteiger partial charge in [-0.3, -0.25) is 0 Å². The van der Waals surface area contributed by atoms with E-state index < -0.39 is 6.10 Å². The minimum absolute atomic E-state index is 0.670. The summed E-state index contributed by atoms with van der Waals surface area (Å²) in [6.45, 7) is 1.72. The molecule has 74 valence electrons. The lowest BCUT2D eigenvalue weighted by Crippen LogP contribution is -2.08. The Morgan fingerprint density at radius 3 is 2.21 bits per heavy atom. The molecule has 0 fully saturated rings. The van der Waals surface area contributed by atoms with Gasteiger partial charge < -0.3 is 10.0 Å². The summed E-state index contributed by atoms with van der Waals surface area (Å²) in [6.07, 6.45) is -0.670. The largest absolute Gasteiger partial charge is 0.378 e. The molecule has 1 aromatic rings. The molecule has 1 unspecified atom stereocenters. The highest BCUT2D eigenvalue weighted by molar-refractivity contribution is 5.46. The first-order chi connectivity index (χ1) is 6.65. The lowest BCUT2D eigenvalue weighted by atomic mass is 10.1. The fourth-order valence-corrected chi connectivity index (χ4v) is 1.17. The molecule has 0 radical (unpaired) electrons. The van der Waals surface area contributed by atoms with Gasteiger partial charge in [0.05, 0.1) is 0 Å². The summed E-state index contributed by atoms with van der Waals surface area (Å²) in [4.78, 5) is 2.02. The van der Waals surface area contributed by atoms with Crippen molar-refractivity contribution < 1.29 is 5.11 Å². The van der Waals surface area contributed by atoms with Gasteiger partial charge in [-0.05, 0) is 24.6 Å². The molecule has 0 aromatic heterocycles. The van der Waals surface area contributed by atoms with E-state index in [1.54, 1.807) is 6.92 Å². The van der Waals surface area contributed by atoms with Crippen molar-refractivity contribution in [3.63, 3.8) is 0 Å². The highest BCUT2D eigenvalue weighted by atomic mass is 16.3. The third-order valence-electron chi connectivity index (χ3n) is 2.01. The quantitative estimate of drug-likeness (QED) is 0.717. The SMILES string of the molecule is CC#CC(O)c1ccc(N(C)C)cc1. The zero-order valence-corrected chi connectivity index (χ0v) is 8.78. The predicted octanol–water partition coefficient (Wildman–Crippen LogP) is 1.81. The second kappa shape index (κ2) is 4.69. The van der Waals surface area contributed by atoms with Crippen molar-refractivity contribution in [2.75, 3.05) is 19.0 Å². The van der Waals surface area contributed by atoms with Crippen LogP contribution in [0.4, 0.5) is 5.69 Å². The van der Waals surface area contributed by atoms with E-state index in [1.165, 1.54) is 0 Å². The van der Waals surface area contributed by atoms with Crippen LogP contribution in [-0.4, -0.2) is 19.2 Å². The maximum atomic E-state index is 9.56.